The molecule has 0 aliphatic carbocycles. The Morgan fingerprint density at radius 2 is 1.39 bits per heavy atom. The van der Waals surface area contributed by atoms with Crippen molar-refractivity contribution in [3.05, 3.63) is 125 Å². The number of nitrogens with one attached hydrogen (secondary N) is 1. The molecule has 0 radical (unpaired) electrons. The summed E-state index contributed by atoms with van der Waals surface area (Å²) < 4.78 is 33.9. The third-order valence-electron chi connectivity index (χ3n) is 5.60. The average molecular weight is 521 g/mol. The van der Waals surface area contributed by atoms with E-state index in [2.05, 4.69) is 5.32 Å². The van der Waals surface area contributed by atoms with E-state index in [9.17, 15) is 13.2 Å². The molecule has 0 aliphatic rings. The van der Waals surface area contributed by atoms with Gasteiger partial charge in [0.25, 0.3) is 10.0 Å². The molecule has 0 atom stereocenters. The van der Waals surface area contributed by atoms with Crippen molar-refractivity contribution in [2.24, 2.45) is 0 Å². The minimum absolute atomic E-state index is 0.0440. The lowest BCUT2D eigenvalue weighted by molar-refractivity contribution is -0.120. The third-order valence-corrected chi connectivity index (χ3v) is 7.61. The van der Waals surface area contributed by atoms with Gasteiger partial charge in [-0.2, -0.15) is 0 Å². The standard InChI is InChI=1S/C28H25ClN2O4S/c1-35-26-18-17-23(29)19-25(26)31(36(33,34)24-15-9-4-10-16-24)20-27(32)30-28(21-11-5-2-6-12-21)22-13-7-3-8-14-22/h2-19,28H,20H2,1H3,(H,30,32). The number of methoxy groups -OCH3 is 1. The minimum atomic E-state index is -4.13. The lowest BCUT2D eigenvalue weighted by Crippen LogP contribution is -2.42. The molecule has 4 rings (SSSR count). The van der Waals surface area contributed by atoms with E-state index in [1.165, 1.54) is 25.3 Å². The van der Waals surface area contributed by atoms with Crippen molar-refractivity contribution >= 4 is 33.2 Å². The quantitative estimate of drug-likeness (QED) is 0.318. The first-order valence-corrected chi connectivity index (χ1v) is 13.0. The maximum Gasteiger partial charge on any atom is 0.264 e. The van der Waals surface area contributed by atoms with E-state index in [0.717, 1.165) is 15.4 Å². The summed E-state index contributed by atoms with van der Waals surface area (Å²) >= 11 is 6.22. The lowest BCUT2D eigenvalue weighted by atomic mass is 9.99. The number of hydrogen-bond acceptors (Lipinski definition) is 4. The smallest absolute Gasteiger partial charge is 0.264 e. The predicted molar refractivity (Wildman–Crippen MR) is 142 cm³/mol. The molecule has 36 heavy (non-hydrogen) atoms. The summed E-state index contributed by atoms with van der Waals surface area (Å²) in [6, 6.07) is 31.1. The van der Waals surface area contributed by atoms with Crippen LogP contribution in [0.2, 0.25) is 5.02 Å². The number of benzene rings is 4. The molecular formula is C28H25ClN2O4S. The van der Waals surface area contributed by atoms with Crippen LogP contribution in [-0.4, -0.2) is 28.0 Å². The molecule has 8 heteroatoms. The fraction of sp³-hybridized carbons (Fsp3) is 0.107. The van der Waals surface area contributed by atoms with Crippen LogP contribution in [-0.2, 0) is 14.8 Å². The Labute approximate surface area is 216 Å². The van der Waals surface area contributed by atoms with E-state index < -0.39 is 28.5 Å². The normalized spacial score (nSPS) is 11.2. The van der Waals surface area contributed by atoms with Crippen molar-refractivity contribution < 1.29 is 17.9 Å². The number of anilines is 1. The highest BCUT2D eigenvalue weighted by atomic mass is 35.5. The predicted octanol–water partition coefficient (Wildman–Crippen LogP) is 5.45. The van der Waals surface area contributed by atoms with Gasteiger partial charge in [0.15, 0.2) is 0 Å². The van der Waals surface area contributed by atoms with Crippen molar-refractivity contribution in [2.45, 2.75) is 10.9 Å². The molecule has 0 fully saturated rings. The fourth-order valence-corrected chi connectivity index (χ4v) is 5.48. The highest BCUT2D eigenvalue weighted by Gasteiger charge is 2.30. The molecular weight excluding hydrogens is 496 g/mol. The second-order valence-electron chi connectivity index (χ2n) is 7.96. The Kier molecular flexibility index (Phi) is 7.93. The first kappa shape index (κ1) is 25.3. The van der Waals surface area contributed by atoms with Gasteiger partial charge in [0.05, 0.1) is 23.7 Å². The number of rotatable bonds is 9. The minimum Gasteiger partial charge on any atom is -0.495 e. The maximum absolute atomic E-state index is 13.7. The molecule has 0 heterocycles. The number of ether oxygens (including phenoxy) is 1. The zero-order valence-electron chi connectivity index (χ0n) is 19.5. The van der Waals surface area contributed by atoms with Crippen LogP contribution in [0.4, 0.5) is 5.69 Å². The van der Waals surface area contributed by atoms with Crippen molar-refractivity contribution in [3.63, 3.8) is 0 Å². The number of amides is 1. The Bertz CT molecular complexity index is 1380. The van der Waals surface area contributed by atoms with Gasteiger partial charge in [-0.25, -0.2) is 8.42 Å². The van der Waals surface area contributed by atoms with E-state index in [1.54, 1.807) is 30.3 Å². The number of carbonyl (C=O) groups is 1. The first-order valence-electron chi connectivity index (χ1n) is 11.2. The van der Waals surface area contributed by atoms with Crippen molar-refractivity contribution in [1.29, 1.82) is 0 Å². The van der Waals surface area contributed by atoms with Gasteiger partial charge in [-0.1, -0.05) is 90.5 Å². The van der Waals surface area contributed by atoms with Crippen molar-refractivity contribution in [2.75, 3.05) is 18.0 Å². The van der Waals surface area contributed by atoms with Crippen LogP contribution < -0.4 is 14.4 Å². The molecule has 1 amide bonds. The molecule has 0 unspecified atom stereocenters. The molecule has 0 bridgehead atoms. The molecule has 6 nitrogen and oxygen atoms in total. The van der Waals surface area contributed by atoms with Crippen LogP contribution in [0.1, 0.15) is 17.2 Å². The topological polar surface area (TPSA) is 75.7 Å². The van der Waals surface area contributed by atoms with Crippen LogP contribution in [0.3, 0.4) is 0 Å². The van der Waals surface area contributed by atoms with Gasteiger partial charge in [-0.3, -0.25) is 9.10 Å². The molecule has 4 aromatic carbocycles. The van der Waals surface area contributed by atoms with E-state index in [4.69, 9.17) is 16.3 Å². The lowest BCUT2D eigenvalue weighted by Gasteiger charge is -2.27. The zero-order chi connectivity index (χ0) is 25.5. The second kappa shape index (κ2) is 11.3. The van der Waals surface area contributed by atoms with Gasteiger partial charge in [0, 0.05) is 5.02 Å². The van der Waals surface area contributed by atoms with Gasteiger partial charge in [0.2, 0.25) is 5.91 Å². The number of halogens is 1. The first-order chi connectivity index (χ1) is 17.4. The Morgan fingerprint density at radius 1 is 0.861 bits per heavy atom. The summed E-state index contributed by atoms with van der Waals surface area (Å²) in [4.78, 5) is 13.5. The molecule has 0 aromatic heterocycles. The van der Waals surface area contributed by atoms with Crippen molar-refractivity contribution in [3.8, 4) is 5.75 Å². The highest BCUT2D eigenvalue weighted by Crippen LogP contribution is 2.35. The number of nitrogens with zero attached hydrogens (tertiary/aromatic N) is 1. The molecule has 0 spiro atoms. The van der Waals surface area contributed by atoms with Crippen LogP contribution >= 0.6 is 11.6 Å². The monoisotopic (exact) mass is 520 g/mol. The molecule has 0 aliphatic heterocycles. The van der Waals surface area contributed by atoms with Gasteiger partial charge in [-0.05, 0) is 41.5 Å². The van der Waals surface area contributed by atoms with Crippen molar-refractivity contribution in [1.82, 2.24) is 5.32 Å². The van der Waals surface area contributed by atoms with Crippen LogP contribution in [0.25, 0.3) is 0 Å². The number of hydrogen-bond donors (Lipinski definition) is 1. The van der Waals surface area contributed by atoms with Crippen LogP contribution in [0, 0.1) is 0 Å². The molecule has 0 saturated carbocycles. The summed E-state index contributed by atoms with van der Waals surface area (Å²) in [5.74, 6) is -0.219. The third kappa shape index (κ3) is 5.70. The summed E-state index contributed by atoms with van der Waals surface area (Å²) in [7, 11) is -2.70. The summed E-state index contributed by atoms with van der Waals surface area (Å²) in [5.41, 5.74) is 1.91. The largest absolute Gasteiger partial charge is 0.495 e. The van der Waals surface area contributed by atoms with Gasteiger partial charge in [-0.15, -0.1) is 0 Å². The molecule has 184 valence electrons. The molecule has 1 N–H and O–H groups in total. The molecule has 4 aromatic rings. The zero-order valence-corrected chi connectivity index (χ0v) is 21.1. The average Bonchev–Trinajstić information content (AvgIpc) is 2.91. The van der Waals surface area contributed by atoms with E-state index in [1.807, 2.05) is 60.7 Å². The second-order valence-corrected chi connectivity index (χ2v) is 10.3. The Morgan fingerprint density at radius 3 is 1.92 bits per heavy atom. The van der Waals surface area contributed by atoms with Gasteiger partial charge < -0.3 is 10.1 Å². The highest BCUT2D eigenvalue weighted by molar-refractivity contribution is 7.92. The maximum atomic E-state index is 13.7. The van der Waals surface area contributed by atoms with Gasteiger partial charge >= 0.3 is 0 Å². The summed E-state index contributed by atoms with van der Waals surface area (Å²) in [5, 5.41) is 3.32. The SMILES string of the molecule is COc1ccc(Cl)cc1N(CC(=O)NC(c1ccccc1)c1ccccc1)S(=O)(=O)c1ccccc1. The number of sulfonamides is 1. The summed E-state index contributed by atoms with van der Waals surface area (Å²) in [6.07, 6.45) is 0. The van der Waals surface area contributed by atoms with Crippen LogP contribution in [0.15, 0.2) is 114 Å². The van der Waals surface area contributed by atoms with E-state index >= 15 is 0 Å². The number of carbonyl (C=O) groups excluding carboxylic acids is 1. The van der Waals surface area contributed by atoms with Gasteiger partial charge in [0.1, 0.15) is 12.3 Å². The Hall–Kier alpha value is -3.81. The van der Waals surface area contributed by atoms with E-state index in [0.29, 0.717) is 5.02 Å². The fourth-order valence-electron chi connectivity index (χ4n) is 3.86. The van der Waals surface area contributed by atoms with Crippen LogP contribution in [0.5, 0.6) is 5.75 Å². The summed E-state index contributed by atoms with van der Waals surface area (Å²) in [6.45, 7) is -0.482. The molecule has 0 saturated heterocycles. The Balaban J connectivity index is 1.73. The van der Waals surface area contributed by atoms with E-state index in [-0.39, 0.29) is 16.3 Å².